The van der Waals surface area contributed by atoms with Gasteiger partial charge >= 0.3 is 6.18 Å². The summed E-state index contributed by atoms with van der Waals surface area (Å²) in [6, 6.07) is 8.29. The highest BCUT2D eigenvalue weighted by molar-refractivity contribution is 5.88. The summed E-state index contributed by atoms with van der Waals surface area (Å²) in [6.07, 6.45) is 3.77. The smallest absolute Gasteiger partial charge is 0.348 e. The number of piperidine rings is 1. The second-order valence-electron chi connectivity index (χ2n) is 10.2. The second-order valence-corrected chi connectivity index (χ2v) is 10.2. The number of aromatic nitrogens is 3. The van der Waals surface area contributed by atoms with Crippen molar-refractivity contribution in [3.05, 3.63) is 42.9 Å². The van der Waals surface area contributed by atoms with Gasteiger partial charge < -0.3 is 15.0 Å². The van der Waals surface area contributed by atoms with Gasteiger partial charge in [-0.05, 0) is 61.9 Å². The van der Waals surface area contributed by atoms with Gasteiger partial charge in [0, 0.05) is 42.9 Å². The number of halogens is 3. The SMILES string of the molecule is Cn1cc(-c2ccc3cnc(NC4(C5CCN(CC6(C(F)(F)F)CC6)CC5)CO4)cc3c2)cn1. The van der Waals surface area contributed by atoms with E-state index in [2.05, 4.69) is 33.6 Å². The Morgan fingerprint density at radius 3 is 2.47 bits per heavy atom. The Morgan fingerprint density at radius 2 is 1.85 bits per heavy atom. The van der Waals surface area contributed by atoms with Gasteiger partial charge in [0.05, 0.1) is 18.2 Å². The van der Waals surface area contributed by atoms with Crippen molar-refractivity contribution in [2.75, 3.05) is 31.6 Å². The molecule has 1 unspecified atom stereocenters. The van der Waals surface area contributed by atoms with E-state index in [4.69, 9.17) is 4.74 Å². The zero-order chi connectivity index (χ0) is 23.6. The van der Waals surface area contributed by atoms with Crippen LogP contribution < -0.4 is 5.32 Å². The molecule has 2 aromatic heterocycles. The number of nitrogens with zero attached hydrogens (tertiary/aromatic N) is 4. The molecule has 3 aromatic rings. The summed E-state index contributed by atoms with van der Waals surface area (Å²) in [4.78, 5) is 6.58. The van der Waals surface area contributed by atoms with Crippen molar-refractivity contribution in [1.29, 1.82) is 0 Å². The Bertz CT molecular complexity index is 1210. The first-order valence-corrected chi connectivity index (χ1v) is 11.9. The third-order valence-corrected chi connectivity index (χ3v) is 7.78. The third kappa shape index (κ3) is 3.94. The number of benzene rings is 1. The van der Waals surface area contributed by atoms with Gasteiger partial charge in [-0.15, -0.1) is 0 Å². The fourth-order valence-electron chi connectivity index (χ4n) is 5.33. The van der Waals surface area contributed by atoms with E-state index >= 15 is 0 Å². The quantitative estimate of drug-likeness (QED) is 0.522. The number of hydrogen-bond donors (Lipinski definition) is 1. The molecule has 1 aromatic carbocycles. The predicted octanol–water partition coefficient (Wildman–Crippen LogP) is 4.83. The van der Waals surface area contributed by atoms with Gasteiger partial charge in [0.15, 0.2) is 5.72 Å². The van der Waals surface area contributed by atoms with Crippen LogP contribution in [0.3, 0.4) is 0 Å². The summed E-state index contributed by atoms with van der Waals surface area (Å²) in [5.74, 6) is 1.01. The lowest BCUT2D eigenvalue weighted by molar-refractivity contribution is -0.192. The minimum atomic E-state index is -4.09. The van der Waals surface area contributed by atoms with Crippen LogP contribution in [-0.2, 0) is 11.8 Å². The van der Waals surface area contributed by atoms with Gasteiger partial charge in [0.25, 0.3) is 0 Å². The molecular formula is C25H28F3N5O. The molecule has 3 fully saturated rings. The first-order valence-electron chi connectivity index (χ1n) is 11.9. The standard InChI is InChI=1S/C25H28F3N5O/c1-32-14-20(13-30-32)17-2-3-18-12-29-22(11-19(18)10-17)31-24(16-34-24)21-4-8-33(9-5-21)15-23(6-7-23)25(26,27)28/h2-3,10-14,21H,4-9,15-16H2,1H3,(H,29,31). The van der Waals surface area contributed by atoms with E-state index in [1.165, 1.54) is 0 Å². The van der Waals surface area contributed by atoms with E-state index in [1.54, 1.807) is 4.68 Å². The Hall–Kier alpha value is -2.65. The van der Waals surface area contributed by atoms with Crippen molar-refractivity contribution in [2.24, 2.45) is 18.4 Å². The monoisotopic (exact) mass is 471 g/mol. The number of likely N-dealkylation sites (tertiary alicyclic amines) is 1. The highest BCUT2D eigenvalue weighted by atomic mass is 19.4. The second kappa shape index (κ2) is 7.68. The molecule has 34 heavy (non-hydrogen) atoms. The van der Waals surface area contributed by atoms with Crippen LogP contribution in [0.2, 0.25) is 0 Å². The Labute approximate surface area is 196 Å². The number of pyridine rings is 1. The summed E-state index contributed by atoms with van der Waals surface area (Å²) in [5, 5.41) is 9.89. The van der Waals surface area contributed by atoms with E-state index in [0.717, 1.165) is 40.6 Å². The molecule has 2 aliphatic heterocycles. The Morgan fingerprint density at radius 1 is 1.09 bits per heavy atom. The molecule has 1 N–H and O–H groups in total. The lowest BCUT2D eigenvalue weighted by Gasteiger charge is -2.37. The van der Waals surface area contributed by atoms with Crippen LogP contribution in [0.5, 0.6) is 0 Å². The molecule has 1 atom stereocenters. The molecule has 6 nitrogen and oxygen atoms in total. The van der Waals surface area contributed by atoms with Crippen LogP contribution in [-0.4, -0.2) is 57.8 Å². The molecule has 0 bridgehead atoms. The highest BCUT2D eigenvalue weighted by Crippen LogP contribution is 2.58. The Balaban J connectivity index is 1.13. The summed E-state index contributed by atoms with van der Waals surface area (Å²) in [6.45, 7) is 2.08. The molecule has 0 spiro atoms. The van der Waals surface area contributed by atoms with Gasteiger partial charge in [0.2, 0.25) is 0 Å². The number of aryl methyl sites for hydroxylation is 1. The largest absolute Gasteiger partial charge is 0.395 e. The van der Waals surface area contributed by atoms with Crippen molar-refractivity contribution in [3.8, 4) is 11.1 Å². The molecule has 0 amide bonds. The van der Waals surface area contributed by atoms with Crippen LogP contribution in [0.4, 0.5) is 19.0 Å². The molecule has 2 saturated heterocycles. The number of rotatable bonds is 6. The summed E-state index contributed by atoms with van der Waals surface area (Å²) in [7, 11) is 1.90. The maximum atomic E-state index is 13.3. The number of nitrogens with one attached hydrogen (secondary N) is 1. The predicted molar refractivity (Wildman–Crippen MR) is 123 cm³/mol. The molecule has 6 rings (SSSR count). The lowest BCUT2D eigenvalue weighted by atomic mass is 9.88. The van der Waals surface area contributed by atoms with Crippen molar-refractivity contribution >= 4 is 16.6 Å². The average Bonchev–Trinajstić information content (AvgIpc) is 3.72. The molecular weight excluding hydrogens is 443 g/mol. The number of fused-ring (bicyclic) bond motifs is 1. The summed E-state index contributed by atoms with van der Waals surface area (Å²) in [5.41, 5.74) is 0.225. The first-order chi connectivity index (χ1) is 16.3. The van der Waals surface area contributed by atoms with Crippen LogP contribution in [0.1, 0.15) is 25.7 Å². The fraction of sp³-hybridized carbons (Fsp3) is 0.520. The number of epoxide rings is 1. The van der Waals surface area contributed by atoms with Crippen LogP contribution in [0, 0.1) is 11.3 Å². The van der Waals surface area contributed by atoms with E-state index in [0.29, 0.717) is 19.7 Å². The maximum absolute atomic E-state index is 13.3. The topological polar surface area (TPSA) is 58.5 Å². The molecule has 0 radical (unpaired) electrons. The van der Waals surface area contributed by atoms with Gasteiger partial charge in [-0.1, -0.05) is 12.1 Å². The van der Waals surface area contributed by atoms with E-state index < -0.39 is 17.3 Å². The average molecular weight is 472 g/mol. The first kappa shape index (κ1) is 21.9. The fourth-order valence-corrected chi connectivity index (χ4v) is 5.33. The number of hydrogen-bond acceptors (Lipinski definition) is 5. The number of alkyl halides is 3. The minimum Gasteiger partial charge on any atom is -0.348 e. The van der Waals surface area contributed by atoms with E-state index in [1.807, 2.05) is 36.6 Å². The van der Waals surface area contributed by atoms with Crippen molar-refractivity contribution in [3.63, 3.8) is 0 Å². The van der Waals surface area contributed by atoms with Crippen molar-refractivity contribution in [2.45, 2.75) is 37.6 Å². The van der Waals surface area contributed by atoms with Crippen LogP contribution in [0.25, 0.3) is 21.9 Å². The lowest BCUT2D eigenvalue weighted by Crippen LogP contribution is -2.46. The normalized spacial score (nSPS) is 24.9. The number of anilines is 1. The molecule has 9 heteroatoms. The molecule has 1 aliphatic carbocycles. The highest BCUT2D eigenvalue weighted by Gasteiger charge is 2.63. The summed E-state index contributed by atoms with van der Waals surface area (Å²) >= 11 is 0. The third-order valence-electron chi connectivity index (χ3n) is 7.78. The van der Waals surface area contributed by atoms with Crippen molar-refractivity contribution < 1.29 is 17.9 Å². The minimum absolute atomic E-state index is 0.135. The van der Waals surface area contributed by atoms with Gasteiger partial charge in [0.1, 0.15) is 5.82 Å². The van der Waals surface area contributed by atoms with Crippen LogP contribution in [0.15, 0.2) is 42.9 Å². The zero-order valence-corrected chi connectivity index (χ0v) is 19.1. The van der Waals surface area contributed by atoms with Crippen molar-refractivity contribution in [1.82, 2.24) is 19.7 Å². The molecule has 180 valence electrons. The summed E-state index contributed by atoms with van der Waals surface area (Å²) < 4.78 is 47.7. The Kier molecular flexibility index (Phi) is 4.94. The molecule has 4 heterocycles. The molecule has 1 saturated carbocycles. The van der Waals surface area contributed by atoms with Gasteiger partial charge in [-0.3, -0.25) is 4.68 Å². The van der Waals surface area contributed by atoms with Gasteiger partial charge in [-0.25, -0.2) is 4.98 Å². The maximum Gasteiger partial charge on any atom is 0.395 e. The number of ether oxygens (including phenoxy) is 1. The molecule has 3 aliphatic rings. The van der Waals surface area contributed by atoms with Gasteiger partial charge in [-0.2, -0.15) is 18.3 Å². The van der Waals surface area contributed by atoms with E-state index in [-0.39, 0.29) is 25.3 Å². The zero-order valence-electron chi connectivity index (χ0n) is 19.1. The van der Waals surface area contributed by atoms with E-state index in [9.17, 15) is 13.2 Å². The van der Waals surface area contributed by atoms with Crippen LogP contribution >= 0.6 is 0 Å².